The third kappa shape index (κ3) is 2.30. The number of hydrogen-bond donors (Lipinski definition) is 0. The largest absolute Gasteiger partial charge is 0.493 e. The van der Waals surface area contributed by atoms with E-state index in [1.54, 1.807) is 12.1 Å². The molecule has 16 heavy (non-hydrogen) atoms. The summed E-state index contributed by atoms with van der Waals surface area (Å²) in [7, 11) is 1.54. The van der Waals surface area contributed by atoms with Gasteiger partial charge in [-0.05, 0) is 31.9 Å². The summed E-state index contributed by atoms with van der Waals surface area (Å²) in [5.74, 6) is 1.01. The minimum Gasteiger partial charge on any atom is -0.493 e. The SMILES string of the molecule is COc1cc(C(C)=O)cc(Cl)c1OC1CC1. The summed E-state index contributed by atoms with van der Waals surface area (Å²) < 4.78 is 10.8. The summed E-state index contributed by atoms with van der Waals surface area (Å²) in [4.78, 5) is 11.3. The lowest BCUT2D eigenvalue weighted by molar-refractivity contribution is 0.101. The number of methoxy groups -OCH3 is 1. The van der Waals surface area contributed by atoms with E-state index >= 15 is 0 Å². The highest BCUT2D eigenvalue weighted by molar-refractivity contribution is 6.32. The molecular weight excluding hydrogens is 228 g/mol. The number of hydrogen-bond acceptors (Lipinski definition) is 3. The van der Waals surface area contributed by atoms with Crippen molar-refractivity contribution in [2.45, 2.75) is 25.9 Å². The monoisotopic (exact) mass is 240 g/mol. The molecule has 86 valence electrons. The van der Waals surface area contributed by atoms with E-state index in [1.807, 2.05) is 0 Å². The molecule has 4 heteroatoms. The van der Waals surface area contributed by atoms with E-state index in [2.05, 4.69) is 0 Å². The van der Waals surface area contributed by atoms with Gasteiger partial charge in [-0.15, -0.1) is 0 Å². The van der Waals surface area contributed by atoms with Crippen LogP contribution >= 0.6 is 11.6 Å². The quantitative estimate of drug-likeness (QED) is 0.759. The van der Waals surface area contributed by atoms with Crippen LogP contribution < -0.4 is 9.47 Å². The molecule has 0 N–H and O–H groups in total. The van der Waals surface area contributed by atoms with Gasteiger partial charge in [0.25, 0.3) is 0 Å². The molecule has 1 aliphatic rings. The molecule has 1 aromatic carbocycles. The van der Waals surface area contributed by atoms with Gasteiger partial charge in [-0.25, -0.2) is 0 Å². The smallest absolute Gasteiger partial charge is 0.180 e. The van der Waals surface area contributed by atoms with Crippen LogP contribution in [0, 0.1) is 0 Å². The Morgan fingerprint density at radius 1 is 1.44 bits per heavy atom. The van der Waals surface area contributed by atoms with Gasteiger partial charge in [-0.2, -0.15) is 0 Å². The molecule has 1 fully saturated rings. The Labute approximate surface area is 99.3 Å². The molecule has 0 aliphatic heterocycles. The van der Waals surface area contributed by atoms with Crippen LogP contribution in [0.1, 0.15) is 30.1 Å². The topological polar surface area (TPSA) is 35.5 Å². The first-order chi connectivity index (χ1) is 7.61. The number of halogens is 1. The maximum absolute atomic E-state index is 11.3. The first-order valence-electron chi connectivity index (χ1n) is 5.17. The zero-order chi connectivity index (χ0) is 11.7. The molecule has 0 bridgehead atoms. The molecule has 0 radical (unpaired) electrons. The van der Waals surface area contributed by atoms with Crippen LogP contribution in [0.25, 0.3) is 0 Å². The van der Waals surface area contributed by atoms with E-state index in [-0.39, 0.29) is 11.9 Å². The predicted molar refractivity (Wildman–Crippen MR) is 61.7 cm³/mol. The lowest BCUT2D eigenvalue weighted by Crippen LogP contribution is -2.01. The van der Waals surface area contributed by atoms with Crippen molar-refractivity contribution >= 4 is 17.4 Å². The third-order valence-electron chi connectivity index (χ3n) is 2.44. The first kappa shape index (κ1) is 11.3. The fourth-order valence-corrected chi connectivity index (χ4v) is 1.65. The van der Waals surface area contributed by atoms with Crippen molar-refractivity contribution in [3.8, 4) is 11.5 Å². The fourth-order valence-electron chi connectivity index (χ4n) is 1.39. The molecule has 1 aliphatic carbocycles. The molecule has 1 aromatic rings. The van der Waals surface area contributed by atoms with E-state index in [0.717, 1.165) is 12.8 Å². The summed E-state index contributed by atoms with van der Waals surface area (Å²) in [6, 6.07) is 3.27. The van der Waals surface area contributed by atoms with Gasteiger partial charge in [0, 0.05) is 5.56 Å². The Morgan fingerprint density at radius 2 is 2.12 bits per heavy atom. The number of Topliss-reactive ketones (excluding diaryl/α,β-unsaturated/α-hetero) is 1. The van der Waals surface area contributed by atoms with Crippen LogP contribution in [-0.4, -0.2) is 19.0 Å². The van der Waals surface area contributed by atoms with Crippen molar-refractivity contribution in [1.29, 1.82) is 0 Å². The molecule has 3 nitrogen and oxygen atoms in total. The van der Waals surface area contributed by atoms with Crippen molar-refractivity contribution in [1.82, 2.24) is 0 Å². The number of carbonyl (C=O) groups excluding carboxylic acids is 1. The van der Waals surface area contributed by atoms with E-state index in [0.29, 0.717) is 22.1 Å². The van der Waals surface area contributed by atoms with Crippen molar-refractivity contribution in [3.05, 3.63) is 22.7 Å². The summed E-state index contributed by atoms with van der Waals surface area (Å²) in [6.07, 6.45) is 2.34. The molecule has 0 spiro atoms. The van der Waals surface area contributed by atoms with Crippen LogP contribution in [0.4, 0.5) is 0 Å². The zero-order valence-corrected chi connectivity index (χ0v) is 10.0. The van der Waals surface area contributed by atoms with Gasteiger partial charge in [0.15, 0.2) is 17.3 Å². The zero-order valence-electron chi connectivity index (χ0n) is 9.25. The highest BCUT2D eigenvalue weighted by Gasteiger charge is 2.26. The second kappa shape index (κ2) is 4.34. The molecule has 1 saturated carbocycles. The Hall–Kier alpha value is -1.22. The van der Waals surface area contributed by atoms with Crippen LogP contribution in [0.2, 0.25) is 5.02 Å². The van der Waals surface area contributed by atoms with E-state index in [1.165, 1.54) is 14.0 Å². The summed E-state index contributed by atoms with van der Waals surface area (Å²) in [5.41, 5.74) is 0.532. The number of ether oxygens (including phenoxy) is 2. The van der Waals surface area contributed by atoms with Gasteiger partial charge in [0.1, 0.15) is 0 Å². The fraction of sp³-hybridized carbons (Fsp3) is 0.417. The summed E-state index contributed by atoms with van der Waals surface area (Å²) >= 11 is 6.07. The van der Waals surface area contributed by atoms with Gasteiger partial charge in [0.05, 0.1) is 18.2 Å². The van der Waals surface area contributed by atoms with Gasteiger partial charge in [-0.3, -0.25) is 4.79 Å². The number of carbonyl (C=O) groups is 1. The van der Waals surface area contributed by atoms with Gasteiger partial charge in [-0.1, -0.05) is 11.6 Å². The molecule has 0 aromatic heterocycles. The molecule has 0 heterocycles. The van der Waals surface area contributed by atoms with Gasteiger partial charge in [0.2, 0.25) is 0 Å². The third-order valence-corrected chi connectivity index (χ3v) is 2.73. The number of rotatable bonds is 4. The molecule has 0 atom stereocenters. The summed E-state index contributed by atoms with van der Waals surface area (Å²) in [5, 5.41) is 0.427. The van der Waals surface area contributed by atoms with E-state index < -0.39 is 0 Å². The van der Waals surface area contributed by atoms with Crippen molar-refractivity contribution in [2.75, 3.05) is 7.11 Å². The second-order valence-corrected chi connectivity index (χ2v) is 4.27. The molecule has 0 unspecified atom stereocenters. The average Bonchev–Trinajstić information content (AvgIpc) is 3.04. The van der Waals surface area contributed by atoms with Gasteiger partial charge >= 0.3 is 0 Å². The van der Waals surface area contributed by atoms with E-state index in [4.69, 9.17) is 21.1 Å². The molecule has 0 amide bonds. The number of ketones is 1. The maximum atomic E-state index is 11.3. The summed E-state index contributed by atoms with van der Waals surface area (Å²) in [6.45, 7) is 1.49. The Kier molecular flexibility index (Phi) is 3.06. The highest BCUT2D eigenvalue weighted by Crippen LogP contribution is 2.40. The maximum Gasteiger partial charge on any atom is 0.180 e. The highest BCUT2D eigenvalue weighted by atomic mass is 35.5. The van der Waals surface area contributed by atoms with Crippen molar-refractivity contribution < 1.29 is 14.3 Å². The van der Waals surface area contributed by atoms with Crippen LogP contribution in [0.3, 0.4) is 0 Å². The van der Waals surface area contributed by atoms with Crippen molar-refractivity contribution in [3.63, 3.8) is 0 Å². The average molecular weight is 241 g/mol. The molecule has 2 rings (SSSR count). The standard InChI is InChI=1S/C12H13ClO3/c1-7(14)8-5-10(13)12(11(6-8)15-2)16-9-3-4-9/h5-6,9H,3-4H2,1-2H3. The van der Waals surface area contributed by atoms with Gasteiger partial charge < -0.3 is 9.47 Å². The first-order valence-corrected chi connectivity index (χ1v) is 5.54. The van der Waals surface area contributed by atoms with Crippen LogP contribution in [0.5, 0.6) is 11.5 Å². The second-order valence-electron chi connectivity index (χ2n) is 3.86. The Balaban J connectivity index is 2.38. The minimum absolute atomic E-state index is 0.0434. The van der Waals surface area contributed by atoms with Crippen molar-refractivity contribution in [2.24, 2.45) is 0 Å². The molecule has 0 saturated heterocycles. The lowest BCUT2D eigenvalue weighted by atomic mass is 10.1. The molecular formula is C12H13ClO3. The Bertz CT molecular complexity index is 425. The van der Waals surface area contributed by atoms with Crippen LogP contribution in [0.15, 0.2) is 12.1 Å². The minimum atomic E-state index is -0.0434. The predicted octanol–water partition coefficient (Wildman–Crippen LogP) is 3.09. The normalized spacial score (nSPS) is 14.7. The lowest BCUT2D eigenvalue weighted by Gasteiger charge is -2.12. The Morgan fingerprint density at radius 3 is 2.62 bits per heavy atom. The number of benzene rings is 1. The van der Waals surface area contributed by atoms with E-state index in [9.17, 15) is 4.79 Å². The van der Waals surface area contributed by atoms with Crippen LogP contribution in [-0.2, 0) is 0 Å².